The van der Waals surface area contributed by atoms with E-state index in [1.54, 1.807) is 36.4 Å². The second-order valence-corrected chi connectivity index (χ2v) is 9.98. The van der Waals surface area contributed by atoms with Crippen molar-refractivity contribution in [1.82, 2.24) is 9.62 Å². The van der Waals surface area contributed by atoms with E-state index in [0.717, 1.165) is 29.3 Å². The van der Waals surface area contributed by atoms with Gasteiger partial charge in [0.2, 0.25) is 0 Å². The van der Waals surface area contributed by atoms with Crippen LogP contribution >= 0.6 is 0 Å². The number of carbonyl (C=O) groups is 2. The molecular formula is C24H26N2O5S. The fraction of sp³-hybridized carbons (Fsp3) is 0.333. The molecule has 2 amide bonds. The van der Waals surface area contributed by atoms with Crippen molar-refractivity contribution in [3.63, 3.8) is 0 Å². The minimum Gasteiger partial charge on any atom is -0.376 e. The summed E-state index contributed by atoms with van der Waals surface area (Å²) in [7, 11) is -3.96. The molecule has 2 aromatic rings. The number of carbonyl (C=O) groups excluding carboxylic acids is 2. The van der Waals surface area contributed by atoms with Crippen molar-refractivity contribution in [3.8, 4) is 0 Å². The molecule has 4 rings (SSSR count). The normalized spacial score (nSPS) is 20.1. The van der Waals surface area contributed by atoms with E-state index in [9.17, 15) is 18.0 Å². The third kappa shape index (κ3) is 4.33. The Morgan fingerprint density at radius 1 is 1.09 bits per heavy atom. The zero-order valence-electron chi connectivity index (χ0n) is 18.1. The molecule has 1 unspecified atom stereocenters. The molecular weight excluding hydrogens is 428 g/mol. The third-order valence-corrected chi connectivity index (χ3v) is 7.74. The van der Waals surface area contributed by atoms with E-state index in [2.05, 4.69) is 5.32 Å². The molecule has 1 N–H and O–H groups in total. The summed E-state index contributed by atoms with van der Waals surface area (Å²) >= 11 is 0. The molecule has 2 aromatic carbocycles. The molecule has 7 nitrogen and oxygen atoms in total. The van der Waals surface area contributed by atoms with Crippen LogP contribution in [0.2, 0.25) is 0 Å². The Bertz CT molecular complexity index is 1160. The number of nitrogens with zero attached hydrogens (tertiary/aromatic N) is 1. The molecule has 1 atom stereocenters. The van der Waals surface area contributed by atoms with Gasteiger partial charge >= 0.3 is 0 Å². The molecule has 2 heterocycles. The summed E-state index contributed by atoms with van der Waals surface area (Å²) in [6, 6.07) is 13.7. The maximum absolute atomic E-state index is 13.2. The Morgan fingerprint density at radius 2 is 1.78 bits per heavy atom. The second-order valence-electron chi connectivity index (χ2n) is 8.18. The van der Waals surface area contributed by atoms with Crippen LogP contribution in [0.15, 0.2) is 54.1 Å². The van der Waals surface area contributed by atoms with Crippen LogP contribution in [-0.4, -0.2) is 43.8 Å². The Balaban J connectivity index is 1.46. The van der Waals surface area contributed by atoms with Gasteiger partial charge in [-0.3, -0.25) is 9.59 Å². The molecule has 0 saturated carbocycles. The topological polar surface area (TPSA) is 92.8 Å². The molecule has 0 spiro atoms. The van der Waals surface area contributed by atoms with E-state index in [-0.39, 0.29) is 29.0 Å². The Hall–Kier alpha value is -2.97. The van der Waals surface area contributed by atoms with Gasteiger partial charge in [0.25, 0.3) is 21.8 Å². The Kier molecular flexibility index (Phi) is 6.17. The van der Waals surface area contributed by atoms with Crippen molar-refractivity contribution in [2.24, 2.45) is 0 Å². The van der Waals surface area contributed by atoms with Crippen molar-refractivity contribution in [2.75, 3.05) is 13.2 Å². The number of hydrogen-bond donors (Lipinski definition) is 1. The lowest BCUT2D eigenvalue weighted by molar-refractivity contribution is -0.122. The molecule has 1 fully saturated rings. The zero-order valence-corrected chi connectivity index (χ0v) is 18.9. The van der Waals surface area contributed by atoms with Crippen molar-refractivity contribution in [1.29, 1.82) is 0 Å². The van der Waals surface area contributed by atoms with E-state index >= 15 is 0 Å². The minimum atomic E-state index is -3.96. The summed E-state index contributed by atoms with van der Waals surface area (Å²) in [6.45, 7) is 4.56. The molecule has 32 heavy (non-hydrogen) atoms. The van der Waals surface area contributed by atoms with Crippen LogP contribution in [0.25, 0.3) is 4.91 Å². The summed E-state index contributed by atoms with van der Waals surface area (Å²) in [6.07, 6.45) is 2.01. The molecule has 0 radical (unpaired) electrons. The van der Waals surface area contributed by atoms with Crippen LogP contribution in [0.1, 0.15) is 46.8 Å². The van der Waals surface area contributed by atoms with Crippen molar-refractivity contribution >= 4 is 26.7 Å². The smallest absolute Gasteiger partial charge is 0.268 e. The van der Waals surface area contributed by atoms with Crippen molar-refractivity contribution < 1.29 is 22.7 Å². The molecule has 0 aliphatic carbocycles. The number of benzene rings is 2. The molecule has 0 aromatic heterocycles. The SMILES string of the molecule is CC1=C(c2ccc(C)cc2)S(=O)(=O)N(Cc2ccc(C(=O)NCC3CCCO3)cc2)C1=O. The van der Waals surface area contributed by atoms with E-state index in [1.807, 2.05) is 19.1 Å². The lowest BCUT2D eigenvalue weighted by Crippen LogP contribution is -2.32. The molecule has 8 heteroatoms. The van der Waals surface area contributed by atoms with Gasteiger partial charge in [0.15, 0.2) is 0 Å². The molecule has 2 aliphatic heterocycles. The maximum Gasteiger partial charge on any atom is 0.268 e. The number of ether oxygens (including phenoxy) is 1. The first kappa shape index (κ1) is 22.2. The predicted octanol–water partition coefficient (Wildman–Crippen LogP) is 3.01. The highest BCUT2D eigenvalue weighted by molar-refractivity contribution is 7.99. The second kappa shape index (κ2) is 8.88. The number of hydrogen-bond acceptors (Lipinski definition) is 5. The van der Waals surface area contributed by atoms with Gasteiger partial charge < -0.3 is 10.1 Å². The van der Waals surface area contributed by atoms with Gasteiger partial charge in [0, 0.05) is 24.3 Å². The standard InChI is InChI=1S/C24H26N2O5S/c1-16-5-9-19(10-6-16)22-17(2)24(28)26(32(22,29)30)15-18-7-11-20(12-8-18)23(27)25-14-21-4-3-13-31-21/h5-12,21H,3-4,13-15H2,1-2H3,(H,25,27). The zero-order chi connectivity index (χ0) is 22.9. The van der Waals surface area contributed by atoms with E-state index < -0.39 is 15.9 Å². The predicted molar refractivity (Wildman–Crippen MR) is 121 cm³/mol. The number of aryl methyl sites for hydroxylation is 1. The van der Waals surface area contributed by atoms with E-state index in [0.29, 0.717) is 23.2 Å². The summed E-state index contributed by atoms with van der Waals surface area (Å²) < 4.78 is 32.7. The largest absolute Gasteiger partial charge is 0.376 e. The van der Waals surface area contributed by atoms with Gasteiger partial charge in [-0.15, -0.1) is 0 Å². The van der Waals surface area contributed by atoms with Crippen LogP contribution < -0.4 is 5.32 Å². The summed E-state index contributed by atoms with van der Waals surface area (Å²) in [5, 5.41) is 2.86. The molecule has 0 bridgehead atoms. The first-order chi connectivity index (χ1) is 15.3. The average Bonchev–Trinajstić information content (AvgIpc) is 3.35. The fourth-order valence-corrected chi connectivity index (χ4v) is 5.77. The number of amides is 2. The third-order valence-electron chi connectivity index (χ3n) is 5.81. The highest BCUT2D eigenvalue weighted by Crippen LogP contribution is 2.36. The Morgan fingerprint density at radius 3 is 2.41 bits per heavy atom. The van der Waals surface area contributed by atoms with E-state index in [4.69, 9.17) is 4.74 Å². The molecule has 2 aliphatic rings. The Labute approximate surface area is 188 Å². The lowest BCUT2D eigenvalue weighted by Gasteiger charge is -2.17. The van der Waals surface area contributed by atoms with Crippen LogP contribution in [0.5, 0.6) is 0 Å². The quantitative estimate of drug-likeness (QED) is 0.724. The van der Waals surface area contributed by atoms with E-state index in [1.165, 1.54) is 6.92 Å². The lowest BCUT2D eigenvalue weighted by atomic mass is 10.1. The first-order valence-electron chi connectivity index (χ1n) is 10.6. The minimum absolute atomic E-state index is 0.0487. The molecule has 1 saturated heterocycles. The highest BCUT2D eigenvalue weighted by Gasteiger charge is 2.42. The summed E-state index contributed by atoms with van der Waals surface area (Å²) in [4.78, 5) is 25.2. The average molecular weight is 455 g/mol. The van der Waals surface area contributed by atoms with Gasteiger partial charge in [-0.25, -0.2) is 12.7 Å². The van der Waals surface area contributed by atoms with Crippen LogP contribution in [0, 0.1) is 6.92 Å². The van der Waals surface area contributed by atoms with Crippen LogP contribution in [0.3, 0.4) is 0 Å². The van der Waals surface area contributed by atoms with Gasteiger partial charge in [-0.1, -0.05) is 42.0 Å². The van der Waals surface area contributed by atoms with Gasteiger partial charge in [-0.05, 0) is 49.9 Å². The highest BCUT2D eigenvalue weighted by atomic mass is 32.2. The number of rotatable bonds is 6. The molecule has 168 valence electrons. The van der Waals surface area contributed by atoms with Crippen molar-refractivity contribution in [3.05, 3.63) is 76.4 Å². The fourth-order valence-electron chi connectivity index (χ4n) is 3.97. The first-order valence-corrected chi connectivity index (χ1v) is 12.0. The summed E-state index contributed by atoms with van der Waals surface area (Å²) in [5.41, 5.74) is 2.80. The maximum atomic E-state index is 13.2. The van der Waals surface area contributed by atoms with Gasteiger partial charge in [-0.2, -0.15) is 0 Å². The van der Waals surface area contributed by atoms with Crippen LogP contribution in [-0.2, 0) is 26.1 Å². The number of sulfonamides is 1. The monoisotopic (exact) mass is 454 g/mol. The summed E-state index contributed by atoms with van der Waals surface area (Å²) in [5.74, 6) is -0.741. The van der Waals surface area contributed by atoms with Crippen LogP contribution in [0.4, 0.5) is 0 Å². The van der Waals surface area contributed by atoms with Gasteiger partial charge in [0.05, 0.1) is 12.6 Å². The van der Waals surface area contributed by atoms with Gasteiger partial charge in [0.1, 0.15) is 4.91 Å². The van der Waals surface area contributed by atoms with Crippen molar-refractivity contribution in [2.45, 2.75) is 39.3 Å². The number of nitrogens with one attached hydrogen (secondary N) is 1.